The number of benzene rings is 2. The molecule has 0 aromatic heterocycles. The Kier molecular flexibility index (Phi) is 6.28. The summed E-state index contributed by atoms with van der Waals surface area (Å²) in [5.74, 6) is 1.11. The van der Waals surface area contributed by atoms with Crippen molar-refractivity contribution in [2.45, 2.75) is 13.5 Å². The molecule has 2 aromatic rings. The Bertz CT molecular complexity index is 926. The highest BCUT2D eigenvalue weighted by molar-refractivity contribution is 7.80. The zero-order valence-corrected chi connectivity index (χ0v) is 16.8. The van der Waals surface area contributed by atoms with Crippen LogP contribution < -0.4 is 19.7 Å². The number of hydrogen-bond donors (Lipinski definition) is 1. The standard InChI is InChI=1S/C21H22N2O4S/c1-4-27-19-8-6-5-7-17(19)23-20(24)16(22-21(23)28)12-14-9-10-18(26-3)15(11-14)13-25-2/h5-12H,4,13H2,1-3H3,(H,22,28)/b16-12+. The van der Waals surface area contributed by atoms with Crippen LogP contribution >= 0.6 is 12.2 Å². The molecule has 6 nitrogen and oxygen atoms in total. The van der Waals surface area contributed by atoms with Gasteiger partial charge in [0.2, 0.25) is 0 Å². The number of carbonyl (C=O) groups is 1. The zero-order valence-electron chi connectivity index (χ0n) is 16.0. The minimum absolute atomic E-state index is 0.235. The Balaban J connectivity index is 1.93. The topological polar surface area (TPSA) is 60.0 Å². The number of anilines is 1. The molecule has 0 radical (unpaired) electrons. The normalized spacial score (nSPS) is 15.1. The van der Waals surface area contributed by atoms with Crippen LogP contribution in [0.3, 0.4) is 0 Å². The molecule has 0 spiro atoms. The molecule has 1 N–H and O–H groups in total. The van der Waals surface area contributed by atoms with Gasteiger partial charge in [0.1, 0.15) is 17.2 Å². The van der Waals surface area contributed by atoms with E-state index in [9.17, 15) is 4.79 Å². The first-order valence-corrected chi connectivity index (χ1v) is 9.24. The molecule has 146 valence electrons. The minimum atomic E-state index is -0.235. The number of para-hydroxylation sites is 2. The molecule has 2 aromatic carbocycles. The summed E-state index contributed by atoms with van der Waals surface area (Å²) in [7, 11) is 3.24. The average molecular weight is 398 g/mol. The van der Waals surface area contributed by atoms with Crippen LogP contribution in [0.25, 0.3) is 6.08 Å². The summed E-state index contributed by atoms with van der Waals surface area (Å²) < 4.78 is 16.2. The zero-order chi connectivity index (χ0) is 20.1. The molecule has 0 aliphatic carbocycles. The van der Waals surface area contributed by atoms with E-state index in [2.05, 4.69) is 5.32 Å². The molecule has 0 saturated carbocycles. The van der Waals surface area contributed by atoms with Crippen molar-refractivity contribution in [2.75, 3.05) is 25.7 Å². The van der Waals surface area contributed by atoms with Crippen molar-refractivity contribution in [2.24, 2.45) is 0 Å². The number of methoxy groups -OCH3 is 2. The van der Waals surface area contributed by atoms with E-state index in [1.54, 1.807) is 20.3 Å². The van der Waals surface area contributed by atoms with Crippen LogP contribution in [0.5, 0.6) is 11.5 Å². The number of rotatable bonds is 7. The number of ether oxygens (including phenoxy) is 3. The molecular formula is C21H22N2O4S. The predicted octanol–water partition coefficient (Wildman–Crippen LogP) is 3.50. The molecular weight excluding hydrogens is 376 g/mol. The molecule has 1 heterocycles. The van der Waals surface area contributed by atoms with Crippen molar-refractivity contribution in [3.8, 4) is 11.5 Å². The lowest BCUT2D eigenvalue weighted by molar-refractivity contribution is -0.113. The molecule has 1 fully saturated rings. The van der Waals surface area contributed by atoms with Crippen LogP contribution in [0.15, 0.2) is 48.2 Å². The number of carbonyl (C=O) groups excluding carboxylic acids is 1. The third-order valence-corrected chi connectivity index (χ3v) is 4.48. The molecule has 7 heteroatoms. The summed E-state index contributed by atoms with van der Waals surface area (Å²) in [5, 5.41) is 3.31. The molecule has 1 saturated heterocycles. The second-order valence-corrected chi connectivity index (χ2v) is 6.42. The van der Waals surface area contributed by atoms with Crippen molar-refractivity contribution < 1.29 is 19.0 Å². The molecule has 1 aliphatic rings. The first kappa shape index (κ1) is 19.9. The van der Waals surface area contributed by atoms with Gasteiger partial charge in [-0.1, -0.05) is 18.2 Å². The largest absolute Gasteiger partial charge is 0.496 e. The van der Waals surface area contributed by atoms with Gasteiger partial charge in [0.15, 0.2) is 5.11 Å². The van der Waals surface area contributed by atoms with Gasteiger partial charge >= 0.3 is 0 Å². The Morgan fingerprint density at radius 3 is 2.64 bits per heavy atom. The molecule has 0 unspecified atom stereocenters. The van der Waals surface area contributed by atoms with E-state index in [0.717, 1.165) is 16.9 Å². The predicted molar refractivity (Wildman–Crippen MR) is 113 cm³/mol. The monoisotopic (exact) mass is 398 g/mol. The van der Waals surface area contributed by atoms with Gasteiger partial charge < -0.3 is 19.5 Å². The van der Waals surface area contributed by atoms with Gasteiger partial charge in [0.25, 0.3) is 5.91 Å². The highest BCUT2D eigenvalue weighted by Gasteiger charge is 2.33. The molecule has 1 aliphatic heterocycles. The van der Waals surface area contributed by atoms with Crippen LogP contribution in [0.2, 0.25) is 0 Å². The van der Waals surface area contributed by atoms with Crippen LogP contribution in [-0.2, 0) is 16.1 Å². The van der Waals surface area contributed by atoms with E-state index < -0.39 is 0 Å². The number of thiocarbonyl (C=S) groups is 1. The quantitative estimate of drug-likeness (QED) is 0.569. The van der Waals surface area contributed by atoms with E-state index in [0.29, 0.717) is 35.5 Å². The van der Waals surface area contributed by atoms with Gasteiger partial charge in [0.05, 0.1) is 26.0 Å². The van der Waals surface area contributed by atoms with Crippen molar-refractivity contribution in [1.29, 1.82) is 0 Å². The van der Waals surface area contributed by atoms with Crippen molar-refractivity contribution in [1.82, 2.24) is 5.32 Å². The van der Waals surface area contributed by atoms with Gasteiger partial charge in [-0.05, 0) is 55.0 Å². The van der Waals surface area contributed by atoms with E-state index in [-0.39, 0.29) is 5.91 Å². The highest BCUT2D eigenvalue weighted by Crippen LogP contribution is 2.32. The molecule has 3 rings (SSSR count). The Morgan fingerprint density at radius 2 is 1.93 bits per heavy atom. The lowest BCUT2D eigenvalue weighted by Crippen LogP contribution is -2.30. The molecule has 28 heavy (non-hydrogen) atoms. The first-order chi connectivity index (χ1) is 13.6. The maximum absolute atomic E-state index is 13.0. The number of amides is 1. The summed E-state index contributed by atoms with van der Waals surface area (Å²) in [6.07, 6.45) is 1.76. The number of nitrogens with zero attached hydrogens (tertiary/aromatic N) is 1. The fourth-order valence-electron chi connectivity index (χ4n) is 3.00. The van der Waals surface area contributed by atoms with Crippen LogP contribution in [-0.4, -0.2) is 31.8 Å². The maximum Gasteiger partial charge on any atom is 0.281 e. The smallest absolute Gasteiger partial charge is 0.281 e. The fourth-order valence-corrected chi connectivity index (χ4v) is 3.29. The third-order valence-electron chi connectivity index (χ3n) is 4.20. The fraction of sp³-hybridized carbons (Fsp3) is 0.238. The molecule has 0 atom stereocenters. The number of hydrogen-bond acceptors (Lipinski definition) is 5. The summed E-state index contributed by atoms with van der Waals surface area (Å²) >= 11 is 5.40. The summed E-state index contributed by atoms with van der Waals surface area (Å²) in [6.45, 7) is 2.80. The van der Waals surface area contributed by atoms with Crippen molar-refractivity contribution in [3.63, 3.8) is 0 Å². The average Bonchev–Trinajstić information content (AvgIpc) is 2.96. The second kappa shape index (κ2) is 8.86. The van der Waals surface area contributed by atoms with Gasteiger partial charge in [-0.25, -0.2) is 4.90 Å². The second-order valence-electron chi connectivity index (χ2n) is 6.03. The maximum atomic E-state index is 13.0. The Morgan fingerprint density at radius 1 is 1.14 bits per heavy atom. The van der Waals surface area contributed by atoms with E-state index in [1.807, 2.05) is 49.4 Å². The number of nitrogens with one attached hydrogen (secondary N) is 1. The van der Waals surface area contributed by atoms with Gasteiger partial charge in [-0.15, -0.1) is 0 Å². The Hall–Kier alpha value is -2.90. The van der Waals surface area contributed by atoms with Crippen LogP contribution in [0.1, 0.15) is 18.1 Å². The summed E-state index contributed by atoms with van der Waals surface area (Å²) in [4.78, 5) is 14.5. The lowest BCUT2D eigenvalue weighted by atomic mass is 10.1. The van der Waals surface area contributed by atoms with Crippen LogP contribution in [0.4, 0.5) is 5.69 Å². The SMILES string of the molecule is CCOc1ccccc1N1C(=O)/C(=C\c2ccc(OC)c(COC)c2)NC1=S. The minimum Gasteiger partial charge on any atom is -0.496 e. The van der Waals surface area contributed by atoms with Gasteiger partial charge in [-0.3, -0.25) is 4.79 Å². The highest BCUT2D eigenvalue weighted by atomic mass is 32.1. The van der Waals surface area contributed by atoms with E-state index >= 15 is 0 Å². The first-order valence-electron chi connectivity index (χ1n) is 8.83. The lowest BCUT2D eigenvalue weighted by Gasteiger charge is -2.17. The van der Waals surface area contributed by atoms with Crippen molar-refractivity contribution in [3.05, 3.63) is 59.3 Å². The summed E-state index contributed by atoms with van der Waals surface area (Å²) in [6, 6.07) is 13.0. The van der Waals surface area contributed by atoms with Crippen molar-refractivity contribution >= 4 is 35.0 Å². The Labute approximate surface area is 169 Å². The van der Waals surface area contributed by atoms with Gasteiger partial charge in [0, 0.05) is 12.7 Å². The summed E-state index contributed by atoms with van der Waals surface area (Å²) in [5.41, 5.74) is 2.74. The van der Waals surface area contributed by atoms with Gasteiger partial charge in [-0.2, -0.15) is 0 Å². The van der Waals surface area contributed by atoms with E-state index in [1.165, 1.54) is 4.90 Å². The van der Waals surface area contributed by atoms with E-state index in [4.69, 9.17) is 26.4 Å². The molecule has 0 bridgehead atoms. The molecule has 1 amide bonds. The van der Waals surface area contributed by atoms with Crippen LogP contribution in [0, 0.1) is 0 Å². The third kappa shape index (κ3) is 4.00.